The molecule has 0 aliphatic heterocycles. The van der Waals surface area contributed by atoms with E-state index < -0.39 is 12.6 Å². The van der Waals surface area contributed by atoms with E-state index in [4.69, 9.17) is 5.11 Å². The predicted octanol–water partition coefficient (Wildman–Crippen LogP) is 1.57. The topological polar surface area (TPSA) is 77.2 Å². The van der Waals surface area contributed by atoms with Crippen molar-refractivity contribution in [2.45, 2.75) is 6.61 Å². The molecule has 1 heterocycles. The van der Waals surface area contributed by atoms with E-state index in [1.54, 1.807) is 0 Å². The molecular formula is C10H7F2N3O3. The van der Waals surface area contributed by atoms with Gasteiger partial charge in [0.25, 0.3) is 0 Å². The molecule has 0 spiro atoms. The highest BCUT2D eigenvalue weighted by molar-refractivity contribution is 5.84. The first-order valence-corrected chi connectivity index (χ1v) is 4.77. The van der Waals surface area contributed by atoms with Gasteiger partial charge in [0.1, 0.15) is 5.75 Å². The van der Waals surface area contributed by atoms with Crippen LogP contribution >= 0.6 is 0 Å². The van der Waals surface area contributed by atoms with Gasteiger partial charge in [-0.3, -0.25) is 0 Å². The van der Waals surface area contributed by atoms with Gasteiger partial charge in [-0.25, -0.2) is 9.48 Å². The van der Waals surface area contributed by atoms with Gasteiger partial charge < -0.3 is 9.84 Å². The van der Waals surface area contributed by atoms with E-state index in [0.717, 1.165) is 0 Å². The average molecular weight is 255 g/mol. The van der Waals surface area contributed by atoms with E-state index in [1.807, 2.05) is 0 Å². The van der Waals surface area contributed by atoms with E-state index in [2.05, 4.69) is 15.0 Å². The first kappa shape index (κ1) is 12.0. The Morgan fingerprint density at radius 1 is 1.33 bits per heavy atom. The maximum absolute atomic E-state index is 11.9. The summed E-state index contributed by atoms with van der Waals surface area (Å²) in [5.41, 5.74) is 0.277. The number of ether oxygens (including phenoxy) is 1. The van der Waals surface area contributed by atoms with Crippen LogP contribution in [0.25, 0.3) is 5.69 Å². The summed E-state index contributed by atoms with van der Waals surface area (Å²) < 4.78 is 29.2. The number of aromatic carboxylic acids is 1. The first-order valence-electron chi connectivity index (χ1n) is 4.77. The van der Waals surface area contributed by atoms with Gasteiger partial charge in [0.2, 0.25) is 0 Å². The minimum atomic E-state index is -2.89. The number of halogens is 2. The van der Waals surface area contributed by atoms with E-state index in [-0.39, 0.29) is 11.4 Å². The van der Waals surface area contributed by atoms with Crippen molar-refractivity contribution in [1.82, 2.24) is 15.0 Å². The van der Waals surface area contributed by atoms with Crippen LogP contribution in [-0.2, 0) is 0 Å². The SMILES string of the molecule is O=C(O)c1cn(-c2ccc(OC(F)F)cc2)nn1. The Morgan fingerprint density at radius 2 is 2.00 bits per heavy atom. The Kier molecular flexibility index (Phi) is 3.18. The molecule has 0 saturated heterocycles. The van der Waals surface area contributed by atoms with Gasteiger partial charge in [-0.05, 0) is 24.3 Å². The van der Waals surface area contributed by atoms with Gasteiger partial charge >= 0.3 is 12.6 Å². The van der Waals surface area contributed by atoms with E-state index in [9.17, 15) is 13.6 Å². The molecule has 0 fully saturated rings. The highest BCUT2D eigenvalue weighted by atomic mass is 19.3. The number of aromatic nitrogens is 3. The number of carbonyl (C=O) groups is 1. The summed E-state index contributed by atoms with van der Waals surface area (Å²) in [7, 11) is 0. The predicted molar refractivity (Wildman–Crippen MR) is 55.0 cm³/mol. The van der Waals surface area contributed by atoms with Gasteiger partial charge in [0.15, 0.2) is 5.69 Å². The lowest BCUT2D eigenvalue weighted by Gasteiger charge is -2.05. The minimum absolute atomic E-state index is 0.00678. The van der Waals surface area contributed by atoms with Crippen molar-refractivity contribution in [3.8, 4) is 11.4 Å². The van der Waals surface area contributed by atoms with Crippen LogP contribution in [0.5, 0.6) is 5.75 Å². The van der Waals surface area contributed by atoms with E-state index in [0.29, 0.717) is 5.69 Å². The standard InChI is InChI=1S/C10H7F2N3O3/c11-10(12)18-7-3-1-6(2-4-7)15-5-8(9(16)17)13-14-15/h1-5,10H,(H,16,17). The molecule has 6 nitrogen and oxygen atoms in total. The summed E-state index contributed by atoms with van der Waals surface area (Å²) in [5.74, 6) is -1.19. The molecule has 1 aromatic carbocycles. The zero-order valence-corrected chi connectivity index (χ0v) is 8.83. The second kappa shape index (κ2) is 4.78. The summed E-state index contributed by atoms with van der Waals surface area (Å²) in [6.07, 6.45) is 1.21. The van der Waals surface area contributed by atoms with Crippen molar-refractivity contribution < 1.29 is 23.4 Å². The number of alkyl halides is 2. The van der Waals surface area contributed by atoms with Crippen LogP contribution < -0.4 is 4.74 Å². The van der Waals surface area contributed by atoms with Crippen LogP contribution in [0.2, 0.25) is 0 Å². The second-order valence-electron chi connectivity index (χ2n) is 3.23. The smallest absolute Gasteiger partial charge is 0.387 e. The maximum atomic E-state index is 11.9. The Hall–Kier alpha value is -2.51. The van der Waals surface area contributed by atoms with E-state index >= 15 is 0 Å². The number of carboxylic acid groups (broad SMARTS) is 1. The molecule has 0 bridgehead atoms. The largest absolute Gasteiger partial charge is 0.476 e. The molecule has 1 N–H and O–H groups in total. The third-order valence-electron chi connectivity index (χ3n) is 2.04. The van der Waals surface area contributed by atoms with Crippen molar-refractivity contribution in [3.63, 3.8) is 0 Å². The van der Waals surface area contributed by atoms with Gasteiger partial charge in [0, 0.05) is 0 Å². The quantitative estimate of drug-likeness (QED) is 0.897. The molecule has 2 rings (SSSR count). The van der Waals surface area contributed by atoms with Crippen LogP contribution in [0.3, 0.4) is 0 Å². The lowest BCUT2D eigenvalue weighted by molar-refractivity contribution is -0.0498. The van der Waals surface area contributed by atoms with Gasteiger partial charge in [-0.2, -0.15) is 8.78 Å². The van der Waals surface area contributed by atoms with Crippen molar-refractivity contribution in [2.24, 2.45) is 0 Å². The number of benzene rings is 1. The number of carboxylic acids is 1. The highest BCUT2D eigenvalue weighted by Crippen LogP contribution is 2.16. The molecule has 2 aromatic rings. The maximum Gasteiger partial charge on any atom is 0.387 e. The summed E-state index contributed by atoms with van der Waals surface area (Å²) in [5, 5.41) is 15.7. The minimum Gasteiger partial charge on any atom is -0.476 e. The molecule has 0 radical (unpaired) electrons. The van der Waals surface area contributed by atoms with Crippen molar-refractivity contribution in [1.29, 1.82) is 0 Å². The molecule has 0 atom stereocenters. The van der Waals surface area contributed by atoms with Crippen LogP contribution in [0, 0.1) is 0 Å². The van der Waals surface area contributed by atoms with Gasteiger partial charge in [-0.15, -0.1) is 5.10 Å². The summed E-state index contributed by atoms with van der Waals surface area (Å²) in [6, 6.07) is 5.56. The lowest BCUT2D eigenvalue weighted by Crippen LogP contribution is -2.02. The third kappa shape index (κ3) is 2.59. The molecule has 0 amide bonds. The number of hydrogen-bond acceptors (Lipinski definition) is 4. The van der Waals surface area contributed by atoms with Crippen LogP contribution in [0.4, 0.5) is 8.78 Å². The Morgan fingerprint density at radius 3 is 2.50 bits per heavy atom. The molecule has 18 heavy (non-hydrogen) atoms. The number of hydrogen-bond donors (Lipinski definition) is 1. The zero-order valence-electron chi connectivity index (χ0n) is 8.83. The van der Waals surface area contributed by atoms with Crippen LogP contribution in [-0.4, -0.2) is 32.7 Å². The average Bonchev–Trinajstić information content (AvgIpc) is 2.78. The van der Waals surface area contributed by atoms with Gasteiger partial charge in [0.05, 0.1) is 11.9 Å². The van der Waals surface area contributed by atoms with Crippen LogP contribution in [0.15, 0.2) is 30.5 Å². The van der Waals surface area contributed by atoms with Gasteiger partial charge in [-0.1, -0.05) is 5.21 Å². The molecule has 94 valence electrons. The van der Waals surface area contributed by atoms with Crippen molar-refractivity contribution in [3.05, 3.63) is 36.2 Å². The fourth-order valence-electron chi connectivity index (χ4n) is 1.27. The van der Waals surface area contributed by atoms with Crippen molar-refractivity contribution >= 4 is 5.97 Å². The first-order chi connectivity index (χ1) is 8.56. The van der Waals surface area contributed by atoms with Crippen LogP contribution in [0.1, 0.15) is 10.5 Å². The molecule has 0 saturated carbocycles. The summed E-state index contributed by atoms with van der Waals surface area (Å²) in [4.78, 5) is 10.6. The lowest BCUT2D eigenvalue weighted by atomic mass is 10.3. The normalized spacial score (nSPS) is 10.6. The molecule has 0 aliphatic carbocycles. The van der Waals surface area contributed by atoms with Crippen molar-refractivity contribution in [2.75, 3.05) is 0 Å². The fraction of sp³-hybridized carbons (Fsp3) is 0.100. The summed E-state index contributed by atoms with van der Waals surface area (Å²) >= 11 is 0. The zero-order chi connectivity index (χ0) is 13.1. The highest BCUT2D eigenvalue weighted by Gasteiger charge is 2.09. The number of rotatable bonds is 4. The Balaban J connectivity index is 2.20. The molecule has 0 aliphatic rings. The third-order valence-corrected chi connectivity index (χ3v) is 2.04. The number of nitrogens with zero attached hydrogens (tertiary/aromatic N) is 3. The molecule has 0 unspecified atom stereocenters. The Bertz CT molecular complexity index is 554. The second-order valence-corrected chi connectivity index (χ2v) is 3.23. The Labute approximate surface area is 99.4 Å². The fourth-order valence-corrected chi connectivity index (χ4v) is 1.27. The molecular weight excluding hydrogens is 248 g/mol. The monoisotopic (exact) mass is 255 g/mol. The van der Waals surface area contributed by atoms with E-state index in [1.165, 1.54) is 35.1 Å². The molecule has 1 aromatic heterocycles. The summed E-state index contributed by atoms with van der Waals surface area (Å²) in [6.45, 7) is -2.89. The molecule has 8 heteroatoms.